The average Bonchev–Trinajstić information content (AvgIpc) is 2.76. The molecule has 0 saturated carbocycles. The van der Waals surface area contributed by atoms with Gasteiger partial charge < -0.3 is 19.9 Å². The van der Waals surface area contributed by atoms with Gasteiger partial charge in [0.15, 0.2) is 28.9 Å². The van der Waals surface area contributed by atoms with Crippen LogP contribution in [0.5, 0.6) is 11.5 Å². The number of thiocarbonyl (C=S) groups is 1. The zero-order chi connectivity index (χ0) is 20.2. The van der Waals surface area contributed by atoms with Crippen molar-refractivity contribution in [3.8, 4) is 11.5 Å². The lowest BCUT2D eigenvalue weighted by Crippen LogP contribution is -2.39. The van der Waals surface area contributed by atoms with Crippen LogP contribution < -0.4 is 24.5 Å². The first-order chi connectivity index (χ1) is 14.1. The molecule has 1 aliphatic rings. The van der Waals surface area contributed by atoms with Crippen molar-refractivity contribution in [2.75, 3.05) is 18.5 Å². The number of rotatable bonds is 4. The average molecular weight is 404 g/mol. The highest BCUT2D eigenvalue weighted by molar-refractivity contribution is 7.81. The Kier molecular flexibility index (Phi) is 5.44. The molecule has 29 heavy (non-hydrogen) atoms. The van der Waals surface area contributed by atoms with E-state index in [1.807, 2.05) is 49.4 Å². The Hall–Kier alpha value is -3.38. The number of hydrogen-bond acceptors (Lipinski definition) is 4. The minimum absolute atomic E-state index is 0.204. The fraction of sp³-hybridized carbons (Fsp3) is 0.130. The molecule has 0 fully saturated rings. The van der Waals surface area contributed by atoms with Gasteiger partial charge in [-0.3, -0.25) is 0 Å². The van der Waals surface area contributed by atoms with Crippen molar-refractivity contribution in [3.05, 3.63) is 84.2 Å². The summed E-state index contributed by atoms with van der Waals surface area (Å²) < 4.78 is 12.9. The van der Waals surface area contributed by atoms with Crippen molar-refractivity contribution in [1.29, 1.82) is 0 Å². The molecule has 146 valence electrons. The second kappa shape index (κ2) is 8.32. The van der Waals surface area contributed by atoms with Crippen LogP contribution in [0.1, 0.15) is 11.1 Å². The molecule has 2 aromatic carbocycles. The number of benzene rings is 2. The number of aromatic nitrogens is 1. The molecule has 1 N–H and O–H groups in total. The number of fused-ring (bicyclic) bond motifs is 1. The maximum atomic E-state index is 13.5. The molecule has 0 aliphatic carbocycles. The topological polar surface area (TPSA) is 57.4 Å². The minimum atomic E-state index is -0.204. The summed E-state index contributed by atoms with van der Waals surface area (Å²) in [6.07, 6.45) is 3.61. The van der Waals surface area contributed by atoms with Crippen LogP contribution >= 0.6 is 12.2 Å². The van der Waals surface area contributed by atoms with Gasteiger partial charge in [0.25, 0.3) is 0 Å². The van der Waals surface area contributed by atoms with Crippen molar-refractivity contribution >= 4 is 34.3 Å². The van der Waals surface area contributed by atoms with Crippen molar-refractivity contribution in [1.82, 2.24) is 0 Å². The normalized spacial score (nSPS) is 13.4. The third-order valence-corrected chi connectivity index (χ3v) is 4.90. The number of nitrogens with zero attached hydrogens (tertiary/aromatic N) is 1. The van der Waals surface area contributed by atoms with Crippen LogP contribution in [-0.4, -0.2) is 18.2 Å². The predicted molar refractivity (Wildman–Crippen MR) is 115 cm³/mol. The summed E-state index contributed by atoms with van der Waals surface area (Å²) in [6, 6.07) is 18.6. The molecule has 0 atom stereocenters. The summed E-state index contributed by atoms with van der Waals surface area (Å²) in [5.74, 6) is 1.00. The summed E-state index contributed by atoms with van der Waals surface area (Å²) in [5, 5.41) is 16.7. The predicted octanol–water partition coefficient (Wildman–Crippen LogP) is 3.18. The third kappa shape index (κ3) is 4.07. The van der Waals surface area contributed by atoms with Crippen molar-refractivity contribution in [3.63, 3.8) is 0 Å². The molecule has 2 heterocycles. The standard InChI is InChI=1S/C23H20N2O3S/c1-16-7-3-4-8-18(16)24-23(29)21(25-11-5-2-6-12-25)22(26)17-9-10-19-20(15-17)28-14-13-27-19/h2-12,15H,13-14H2,1H3,(H-,24,26,29). The smallest absolute Gasteiger partial charge is 0.238 e. The maximum Gasteiger partial charge on any atom is 0.238 e. The quantitative estimate of drug-likeness (QED) is 0.313. The molecule has 1 aliphatic heterocycles. The second-order valence-corrected chi connectivity index (χ2v) is 7.00. The Balaban J connectivity index is 1.78. The Morgan fingerprint density at radius 2 is 1.69 bits per heavy atom. The highest BCUT2D eigenvalue weighted by Crippen LogP contribution is 2.32. The molecule has 4 rings (SSSR count). The summed E-state index contributed by atoms with van der Waals surface area (Å²) in [7, 11) is 0. The summed E-state index contributed by atoms with van der Waals surface area (Å²) >= 11 is 5.65. The van der Waals surface area contributed by atoms with E-state index in [0.717, 1.165) is 11.3 Å². The lowest BCUT2D eigenvalue weighted by Gasteiger charge is -2.21. The number of ether oxygens (including phenoxy) is 2. The fourth-order valence-corrected chi connectivity index (χ4v) is 3.41. The van der Waals surface area contributed by atoms with E-state index in [2.05, 4.69) is 5.32 Å². The molecule has 0 bridgehead atoms. The Morgan fingerprint density at radius 1 is 0.966 bits per heavy atom. The molecular formula is C23H20N2O3S. The van der Waals surface area contributed by atoms with Gasteiger partial charge in [-0.1, -0.05) is 42.5 Å². The number of hydrogen-bond donors (Lipinski definition) is 1. The van der Waals surface area contributed by atoms with E-state index in [1.54, 1.807) is 35.2 Å². The molecule has 3 aromatic rings. The number of anilines is 1. The van der Waals surface area contributed by atoms with E-state index in [0.29, 0.717) is 41.0 Å². The molecule has 1 aromatic heterocycles. The first kappa shape index (κ1) is 19.0. The first-order valence-electron chi connectivity index (χ1n) is 9.28. The van der Waals surface area contributed by atoms with Gasteiger partial charge in [0.05, 0.1) is 0 Å². The zero-order valence-corrected chi connectivity index (χ0v) is 16.7. The lowest BCUT2D eigenvalue weighted by atomic mass is 10.1. The van der Waals surface area contributed by atoms with Crippen LogP contribution in [0.4, 0.5) is 5.69 Å². The molecule has 6 heteroatoms. The van der Waals surface area contributed by atoms with Crippen molar-refractivity contribution in [2.24, 2.45) is 0 Å². The van der Waals surface area contributed by atoms with Gasteiger partial charge in [0.1, 0.15) is 13.2 Å². The number of para-hydroxylation sites is 1. The fourth-order valence-electron chi connectivity index (χ4n) is 3.10. The monoisotopic (exact) mass is 404 g/mol. The second-order valence-electron chi connectivity index (χ2n) is 6.59. The van der Waals surface area contributed by atoms with Crippen LogP contribution in [0, 0.1) is 6.92 Å². The van der Waals surface area contributed by atoms with Crippen molar-refractivity contribution in [2.45, 2.75) is 6.92 Å². The Morgan fingerprint density at radius 3 is 2.45 bits per heavy atom. The highest BCUT2D eigenvalue weighted by atomic mass is 32.1. The molecule has 0 spiro atoms. The third-order valence-electron chi connectivity index (χ3n) is 4.60. The van der Waals surface area contributed by atoms with Gasteiger partial charge in [-0.25, -0.2) is 0 Å². The van der Waals surface area contributed by atoms with Gasteiger partial charge in [-0.2, -0.15) is 4.57 Å². The van der Waals surface area contributed by atoms with E-state index >= 15 is 0 Å². The van der Waals surface area contributed by atoms with Gasteiger partial charge in [0, 0.05) is 17.8 Å². The summed E-state index contributed by atoms with van der Waals surface area (Å²) in [5.41, 5.74) is 2.75. The molecule has 5 nitrogen and oxygen atoms in total. The maximum absolute atomic E-state index is 13.5. The SMILES string of the molecule is Cc1ccccc1NC(=S)C(=C([O-])c1ccc2c(c1)OCCO2)[n+]1ccccc1. The van der Waals surface area contributed by atoms with Gasteiger partial charge in [-0.15, -0.1) is 0 Å². The highest BCUT2D eigenvalue weighted by Gasteiger charge is 2.20. The number of pyridine rings is 1. The van der Waals surface area contributed by atoms with E-state index < -0.39 is 0 Å². The molecule has 0 radical (unpaired) electrons. The van der Waals surface area contributed by atoms with Crippen LogP contribution in [0.15, 0.2) is 73.1 Å². The first-order valence-corrected chi connectivity index (χ1v) is 9.69. The van der Waals surface area contributed by atoms with Crippen LogP contribution in [-0.2, 0) is 0 Å². The molecule has 0 saturated heterocycles. The minimum Gasteiger partial charge on any atom is -0.867 e. The number of aryl methyl sites for hydroxylation is 1. The van der Waals surface area contributed by atoms with Crippen LogP contribution in [0.3, 0.4) is 0 Å². The van der Waals surface area contributed by atoms with Crippen LogP contribution in [0.2, 0.25) is 0 Å². The number of nitrogens with one attached hydrogen (secondary N) is 1. The lowest BCUT2D eigenvalue weighted by molar-refractivity contribution is -0.577. The molecule has 0 unspecified atom stereocenters. The molecular weight excluding hydrogens is 384 g/mol. The van der Waals surface area contributed by atoms with Crippen molar-refractivity contribution < 1.29 is 19.1 Å². The van der Waals surface area contributed by atoms with E-state index in [1.165, 1.54) is 0 Å². The van der Waals surface area contributed by atoms with E-state index in [-0.39, 0.29) is 5.76 Å². The summed E-state index contributed by atoms with van der Waals surface area (Å²) in [4.78, 5) is 0.343. The molecule has 0 amide bonds. The van der Waals surface area contributed by atoms with Gasteiger partial charge in [-0.05, 0) is 42.0 Å². The van der Waals surface area contributed by atoms with Gasteiger partial charge >= 0.3 is 0 Å². The van der Waals surface area contributed by atoms with Crippen LogP contribution in [0.25, 0.3) is 11.5 Å². The van der Waals surface area contributed by atoms with E-state index in [4.69, 9.17) is 21.7 Å². The van der Waals surface area contributed by atoms with E-state index in [9.17, 15) is 5.11 Å². The Bertz CT molecular complexity index is 1080. The summed E-state index contributed by atoms with van der Waals surface area (Å²) in [6.45, 7) is 2.95. The zero-order valence-electron chi connectivity index (χ0n) is 15.9. The van der Waals surface area contributed by atoms with Gasteiger partial charge in [0.2, 0.25) is 5.70 Å². The Labute approximate surface area is 174 Å². The largest absolute Gasteiger partial charge is 0.867 e.